The van der Waals surface area contributed by atoms with E-state index in [1.54, 1.807) is 0 Å². The molecule has 0 atom stereocenters. The summed E-state index contributed by atoms with van der Waals surface area (Å²) >= 11 is 0. The number of nitrogens with zero attached hydrogens (tertiary/aromatic N) is 2. The van der Waals surface area contributed by atoms with E-state index in [0.29, 0.717) is 11.8 Å². The highest BCUT2D eigenvalue weighted by Crippen LogP contribution is 2.26. The van der Waals surface area contributed by atoms with Gasteiger partial charge in [0.2, 0.25) is 5.69 Å². The highest BCUT2D eigenvalue weighted by atomic mass is 15.1. The number of anilines is 1. The Balaban J connectivity index is 1.49. The predicted octanol–water partition coefficient (Wildman–Crippen LogP) is 6.63. The molecule has 1 aromatic heterocycles. The van der Waals surface area contributed by atoms with Crippen molar-refractivity contribution < 1.29 is 4.57 Å². The molecule has 152 valence electrons. The number of aromatic nitrogens is 1. The molecule has 3 aromatic rings. The van der Waals surface area contributed by atoms with Crippen LogP contribution in [0.15, 0.2) is 91.4 Å². The summed E-state index contributed by atoms with van der Waals surface area (Å²) in [5, 5.41) is 0. The number of allylic oxidation sites excluding steroid dienone is 2. The maximum absolute atomic E-state index is 2.31. The van der Waals surface area contributed by atoms with Gasteiger partial charge in [-0.2, -0.15) is 4.57 Å². The van der Waals surface area contributed by atoms with Crippen LogP contribution in [0.2, 0.25) is 0 Å². The van der Waals surface area contributed by atoms with E-state index in [1.165, 1.54) is 33.6 Å². The van der Waals surface area contributed by atoms with E-state index in [0.717, 1.165) is 6.54 Å². The second kappa shape index (κ2) is 8.71. The molecule has 1 aliphatic rings. The van der Waals surface area contributed by atoms with Crippen molar-refractivity contribution in [3.05, 3.63) is 108 Å². The molecule has 0 spiro atoms. The Kier molecular flexibility index (Phi) is 5.85. The Morgan fingerprint density at radius 1 is 0.800 bits per heavy atom. The third-order valence-corrected chi connectivity index (χ3v) is 5.81. The summed E-state index contributed by atoms with van der Waals surface area (Å²) in [7, 11) is 0. The molecule has 0 saturated carbocycles. The van der Waals surface area contributed by atoms with Crippen molar-refractivity contribution in [3.8, 4) is 5.69 Å². The predicted molar refractivity (Wildman–Crippen MR) is 127 cm³/mol. The highest BCUT2D eigenvalue weighted by Gasteiger charge is 2.12. The minimum atomic E-state index is 0.534. The standard InChI is InChI=1S/C28H31N2/c1-21(2)25-7-5-9-27(19-25)29-15-11-23(12-16-29)24-13-17-30(18-14-24)28-10-6-8-26(20-28)22(3)4/h5-17,19-22H,18H2,1-4H3/q+1. The Morgan fingerprint density at radius 3 is 2.10 bits per heavy atom. The number of pyridine rings is 1. The number of benzene rings is 2. The normalized spacial score (nSPS) is 13.8. The first-order valence-electron chi connectivity index (χ1n) is 10.9. The first-order chi connectivity index (χ1) is 14.5. The molecule has 0 amide bonds. The van der Waals surface area contributed by atoms with E-state index < -0.39 is 0 Å². The monoisotopic (exact) mass is 395 g/mol. The minimum absolute atomic E-state index is 0.534. The van der Waals surface area contributed by atoms with Crippen LogP contribution >= 0.6 is 0 Å². The molecule has 30 heavy (non-hydrogen) atoms. The van der Waals surface area contributed by atoms with Gasteiger partial charge in [0.1, 0.15) is 0 Å². The Morgan fingerprint density at radius 2 is 1.47 bits per heavy atom. The lowest BCUT2D eigenvalue weighted by Crippen LogP contribution is -2.29. The molecule has 4 rings (SSSR count). The fourth-order valence-electron chi connectivity index (χ4n) is 3.80. The van der Waals surface area contributed by atoms with Crippen molar-refractivity contribution in [3.63, 3.8) is 0 Å². The van der Waals surface area contributed by atoms with Crippen LogP contribution in [0.5, 0.6) is 0 Å². The Hall–Kier alpha value is -3.13. The van der Waals surface area contributed by atoms with Crippen LogP contribution in [0, 0.1) is 0 Å². The molecule has 2 heteroatoms. The van der Waals surface area contributed by atoms with Crippen LogP contribution in [0.3, 0.4) is 0 Å². The van der Waals surface area contributed by atoms with Gasteiger partial charge in [0.05, 0.1) is 0 Å². The quantitative estimate of drug-likeness (QED) is 0.440. The van der Waals surface area contributed by atoms with Crippen molar-refractivity contribution in [1.29, 1.82) is 0 Å². The number of rotatable bonds is 5. The van der Waals surface area contributed by atoms with Crippen molar-refractivity contribution in [1.82, 2.24) is 0 Å². The van der Waals surface area contributed by atoms with Crippen LogP contribution in [0.4, 0.5) is 5.69 Å². The van der Waals surface area contributed by atoms with Gasteiger partial charge in [-0.3, -0.25) is 0 Å². The van der Waals surface area contributed by atoms with E-state index in [2.05, 4.69) is 129 Å². The summed E-state index contributed by atoms with van der Waals surface area (Å²) in [6.45, 7) is 9.83. The first kappa shape index (κ1) is 20.2. The van der Waals surface area contributed by atoms with E-state index in [9.17, 15) is 0 Å². The van der Waals surface area contributed by atoms with E-state index >= 15 is 0 Å². The molecule has 1 aliphatic heterocycles. The van der Waals surface area contributed by atoms with Crippen molar-refractivity contribution in [2.24, 2.45) is 0 Å². The van der Waals surface area contributed by atoms with Crippen molar-refractivity contribution in [2.45, 2.75) is 39.5 Å². The fraction of sp³-hybridized carbons (Fsp3) is 0.250. The molecule has 2 aromatic carbocycles. The zero-order chi connectivity index (χ0) is 21.1. The molecule has 0 unspecified atom stereocenters. The minimum Gasteiger partial charge on any atom is -0.344 e. The van der Waals surface area contributed by atoms with Crippen molar-refractivity contribution >= 4 is 11.3 Å². The third kappa shape index (κ3) is 4.38. The topological polar surface area (TPSA) is 7.12 Å². The summed E-state index contributed by atoms with van der Waals surface area (Å²) in [5.41, 5.74) is 7.72. The lowest BCUT2D eigenvalue weighted by atomic mass is 10.0. The van der Waals surface area contributed by atoms with Gasteiger partial charge in [-0.05, 0) is 52.3 Å². The summed E-state index contributed by atoms with van der Waals surface area (Å²) in [4.78, 5) is 2.30. The van der Waals surface area contributed by atoms with Gasteiger partial charge in [-0.1, -0.05) is 58.0 Å². The molecule has 0 radical (unpaired) electrons. The zero-order valence-corrected chi connectivity index (χ0v) is 18.4. The Labute approximate surface area is 180 Å². The van der Waals surface area contributed by atoms with Gasteiger partial charge in [0, 0.05) is 42.7 Å². The molecular formula is C28H31N2+. The fourth-order valence-corrected chi connectivity index (χ4v) is 3.80. The summed E-state index contributed by atoms with van der Waals surface area (Å²) in [6.07, 6.45) is 11.0. The zero-order valence-electron chi connectivity index (χ0n) is 18.4. The SMILES string of the molecule is CC(C)c1cccc(N2C=CC(c3cc[n+](-c4cccc(C(C)C)c4)cc3)=CC2)c1. The molecule has 0 aliphatic carbocycles. The molecule has 2 nitrogen and oxygen atoms in total. The molecule has 0 fully saturated rings. The molecule has 0 N–H and O–H groups in total. The largest absolute Gasteiger partial charge is 0.344 e. The Bertz CT molecular complexity index is 1070. The van der Waals surface area contributed by atoms with Crippen LogP contribution in [-0.2, 0) is 0 Å². The summed E-state index contributed by atoms with van der Waals surface area (Å²) < 4.78 is 2.19. The van der Waals surface area contributed by atoms with E-state index in [1.807, 2.05) is 0 Å². The third-order valence-electron chi connectivity index (χ3n) is 5.81. The van der Waals surface area contributed by atoms with Crippen LogP contribution in [0.1, 0.15) is 56.2 Å². The lowest BCUT2D eigenvalue weighted by molar-refractivity contribution is -0.595. The van der Waals surface area contributed by atoms with E-state index in [4.69, 9.17) is 0 Å². The lowest BCUT2D eigenvalue weighted by Gasteiger charge is -2.24. The number of hydrogen-bond acceptors (Lipinski definition) is 1. The van der Waals surface area contributed by atoms with Crippen LogP contribution < -0.4 is 9.47 Å². The van der Waals surface area contributed by atoms with Crippen LogP contribution in [-0.4, -0.2) is 6.54 Å². The summed E-state index contributed by atoms with van der Waals surface area (Å²) in [5.74, 6) is 1.08. The van der Waals surface area contributed by atoms with Crippen molar-refractivity contribution in [2.75, 3.05) is 11.4 Å². The van der Waals surface area contributed by atoms with Gasteiger partial charge in [-0.25, -0.2) is 0 Å². The maximum Gasteiger partial charge on any atom is 0.210 e. The van der Waals surface area contributed by atoms with Gasteiger partial charge < -0.3 is 4.90 Å². The first-order valence-corrected chi connectivity index (χ1v) is 10.9. The second-order valence-corrected chi connectivity index (χ2v) is 8.62. The van der Waals surface area contributed by atoms with Gasteiger partial charge in [0.25, 0.3) is 0 Å². The highest BCUT2D eigenvalue weighted by molar-refractivity contribution is 5.76. The molecule has 0 saturated heterocycles. The molecular weight excluding hydrogens is 364 g/mol. The molecule has 2 heterocycles. The van der Waals surface area contributed by atoms with Gasteiger partial charge in [-0.15, -0.1) is 0 Å². The molecule has 0 bridgehead atoms. The average Bonchev–Trinajstić information content (AvgIpc) is 2.79. The summed E-state index contributed by atoms with van der Waals surface area (Å²) in [6, 6.07) is 22.0. The average molecular weight is 396 g/mol. The van der Waals surface area contributed by atoms with Gasteiger partial charge in [0.15, 0.2) is 12.4 Å². The van der Waals surface area contributed by atoms with Gasteiger partial charge >= 0.3 is 0 Å². The second-order valence-electron chi connectivity index (χ2n) is 8.62. The van der Waals surface area contributed by atoms with E-state index in [-0.39, 0.29) is 0 Å². The number of hydrogen-bond donors (Lipinski definition) is 0. The van der Waals surface area contributed by atoms with Crippen LogP contribution in [0.25, 0.3) is 11.3 Å². The smallest absolute Gasteiger partial charge is 0.210 e. The maximum atomic E-state index is 2.31.